The topological polar surface area (TPSA) is 48.4 Å². The number of hydrogen-bond donors (Lipinski definition) is 1. The molecular formula is C14H15N2O2+. The number of rotatable bonds is 3. The summed E-state index contributed by atoms with van der Waals surface area (Å²) in [5, 5.41) is 0. The Bertz CT molecular complexity index is 555. The van der Waals surface area contributed by atoms with Crippen LogP contribution in [0.1, 0.15) is 5.56 Å². The van der Waals surface area contributed by atoms with Gasteiger partial charge < -0.3 is 15.2 Å². The Morgan fingerprint density at radius 3 is 2.56 bits per heavy atom. The molecule has 4 nitrogen and oxygen atoms in total. The van der Waals surface area contributed by atoms with Crippen LogP contribution in [0.25, 0.3) is 0 Å². The second-order valence-electron chi connectivity index (χ2n) is 4.27. The van der Waals surface area contributed by atoms with E-state index in [-0.39, 0.29) is 6.79 Å². The third-order valence-electron chi connectivity index (χ3n) is 3.05. The first kappa shape index (κ1) is 10.9. The van der Waals surface area contributed by atoms with Gasteiger partial charge in [0.2, 0.25) is 6.79 Å². The Morgan fingerprint density at radius 2 is 1.78 bits per heavy atom. The molecule has 1 aliphatic heterocycles. The van der Waals surface area contributed by atoms with Gasteiger partial charge in [-0.25, -0.2) is 4.57 Å². The SMILES string of the molecule is Nc1cc2c(cc1CC[n+]1ccccc1)OCO2. The van der Waals surface area contributed by atoms with Crippen LogP contribution in [0.4, 0.5) is 5.69 Å². The summed E-state index contributed by atoms with van der Waals surface area (Å²) in [5.74, 6) is 1.53. The van der Waals surface area contributed by atoms with Gasteiger partial charge in [-0.2, -0.15) is 0 Å². The first-order valence-electron chi connectivity index (χ1n) is 5.95. The van der Waals surface area contributed by atoms with Gasteiger partial charge in [-0.3, -0.25) is 0 Å². The van der Waals surface area contributed by atoms with Crippen molar-refractivity contribution in [2.75, 3.05) is 12.5 Å². The number of nitrogen functional groups attached to an aromatic ring is 1. The van der Waals surface area contributed by atoms with Crippen molar-refractivity contribution in [2.45, 2.75) is 13.0 Å². The van der Waals surface area contributed by atoms with Gasteiger partial charge in [-0.05, 0) is 11.6 Å². The zero-order valence-corrected chi connectivity index (χ0v) is 10.0. The molecule has 2 N–H and O–H groups in total. The highest BCUT2D eigenvalue weighted by atomic mass is 16.7. The normalized spacial score (nSPS) is 12.7. The van der Waals surface area contributed by atoms with Crippen LogP contribution in [-0.2, 0) is 13.0 Å². The number of aryl methyl sites for hydroxylation is 2. The highest BCUT2D eigenvalue weighted by Gasteiger charge is 2.16. The highest BCUT2D eigenvalue weighted by Crippen LogP contribution is 2.35. The van der Waals surface area contributed by atoms with Crippen molar-refractivity contribution in [3.8, 4) is 11.5 Å². The quantitative estimate of drug-likeness (QED) is 0.657. The zero-order chi connectivity index (χ0) is 12.4. The molecule has 4 heteroatoms. The number of benzene rings is 1. The second kappa shape index (κ2) is 4.56. The molecule has 0 unspecified atom stereocenters. The molecule has 0 radical (unpaired) electrons. The smallest absolute Gasteiger partial charge is 0.231 e. The maximum Gasteiger partial charge on any atom is 0.231 e. The molecule has 1 aliphatic rings. The minimum absolute atomic E-state index is 0.283. The van der Waals surface area contributed by atoms with Gasteiger partial charge in [0.25, 0.3) is 0 Å². The number of aromatic nitrogens is 1. The summed E-state index contributed by atoms with van der Waals surface area (Å²) < 4.78 is 12.8. The maximum absolute atomic E-state index is 6.01. The molecule has 0 aliphatic carbocycles. The fourth-order valence-electron chi connectivity index (χ4n) is 2.05. The lowest BCUT2D eigenvalue weighted by atomic mass is 10.1. The molecule has 0 bridgehead atoms. The predicted octanol–water partition coefficient (Wildman–Crippen LogP) is 1.53. The van der Waals surface area contributed by atoms with Crippen molar-refractivity contribution < 1.29 is 14.0 Å². The third-order valence-corrected chi connectivity index (χ3v) is 3.05. The summed E-state index contributed by atoms with van der Waals surface area (Å²) in [7, 11) is 0. The number of anilines is 1. The van der Waals surface area contributed by atoms with Crippen LogP contribution < -0.4 is 19.8 Å². The predicted molar refractivity (Wildman–Crippen MR) is 67.3 cm³/mol. The molecule has 2 heterocycles. The van der Waals surface area contributed by atoms with E-state index < -0.39 is 0 Å². The van der Waals surface area contributed by atoms with Gasteiger partial charge in [0, 0.05) is 30.3 Å². The Morgan fingerprint density at radius 1 is 1.06 bits per heavy atom. The Kier molecular flexibility index (Phi) is 2.76. The second-order valence-corrected chi connectivity index (χ2v) is 4.27. The van der Waals surface area contributed by atoms with Crippen molar-refractivity contribution in [3.63, 3.8) is 0 Å². The van der Waals surface area contributed by atoms with Crippen molar-refractivity contribution in [1.29, 1.82) is 0 Å². The molecule has 0 atom stereocenters. The van der Waals surface area contributed by atoms with Crippen molar-refractivity contribution in [3.05, 3.63) is 48.3 Å². The van der Waals surface area contributed by atoms with Gasteiger partial charge in [0.15, 0.2) is 30.4 Å². The van der Waals surface area contributed by atoms with Crippen LogP contribution in [0, 0.1) is 0 Å². The number of hydrogen-bond acceptors (Lipinski definition) is 3. The van der Waals surface area contributed by atoms with Gasteiger partial charge >= 0.3 is 0 Å². The van der Waals surface area contributed by atoms with E-state index in [0.717, 1.165) is 35.7 Å². The van der Waals surface area contributed by atoms with E-state index >= 15 is 0 Å². The van der Waals surface area contributed by atoms with Crippen LogP contribution in [0.15, 0.2) is 42.7 Å². The zero-order valence-electron chi connectivity index (χ0n) is 10.0. The largest absolute Gasteiger partial charge is 0.454 e. The summed E-state index contributed by atoms with van der Waals surface area (Å²) in [4.78, 5) is 0. The van der Waals surface area contributed by atoms with Crippen molar-refractivity contribution in [2.24, 2.45) is 0 Å². The summed E-state index contributed by atoms with van der Waals surface area (Å²) in [6, 6.07) is 9.85. The molecule has 18 heavy (non-hydrogen) atoms. The van der Waals surface area contributed by atoms with Crippen LogP contribution in [0.5, 0.6) is 11.5 Å². The highest BCUT2D eigenvalue weighted by molar-refractivity contribution is 5.58. The molecular weight excluding hydrogens is 228 g/mol. The lowest BCUT2D eigenvalue weighted by molar-refractivity contribution is -0.696. The van der Waals surface area contributed by atoms with E-state index in [4.69, 9.17) is 15.2 Å². The van der Waals surface area contributed by atoms with E-state index in [1.165, 1.54) is 0 Å². The molecule has 0 fully saturated rings. The molecule has 0 saturated heterocycles. The molecule has 0 spiro atoms. The van der Waals surface area contributed by atoms with Crippen LogP contribution >= 0.6 is 0 Å². The minimum atomic E-state index is 0.283. The molecule has 1 aromatic carbocycles. The van der Waals surface area contributed by atoms with Crippen molar-refractivity contribution >= 4 is 5.69 Å². The van der Waals surface area contributed by atoms with Gasteiger partial charge in [0.1, 0.15) is 0 Å². The van der Waals surface area contributed by atoms with Crippen LogP contribution in [-0.4, -0.2) is 6.79 Å². The molecule has 0 amide bonds. The van der Waals surface area contributed by atoms with E-state index in [1.54, 1.807) is 0 Å². The maximum atomic E-state index is 6.01. The summed E-state index contributed by atoms with van der Waals surface area (Å²) in [6.45, 7) is 1.18. The van der Waals surface area contributed by atoms with E-state index in [0.29, 0.717) is 0 Å². The van der Waals surface area contributed by atoms with Crippen LogP contribution in [0.2, 0.25) is 0 Å². The van der Waals surface area contributed by atoms with Gasteiger partial charge in [-0.15, -0.1) is 0 Å². The Labute approximate surface area is 106 Å². The molecule has 0 saturated carbocycles. The number of nitrogens with zero attached hydrogens (tertiary/aromatic N) is 1. The third kappa shape index (κ3) is 2.09. The van der Waals surface area contributed by atoms with E-state index in [2.05, 4.69) is 4.57 Å². The number of pyridine rings is 1. The monoisotopic (exact) mass is 243 g/mol. The molecule has 3 rings (SSSR count). The van der Waals surface area contributed by atoms with Gasteiger partial charge in [0.05, 0.1) is 0 Å². The fraction of sp³-hybridized carbons (Fsp3) is 0.214. The standard InChI is InChI=1S/C14H15N2O2/c15-12-9-14-13(17-10-18-14)8-11(12)4-7-16-5-2-1-3-6-16/h1-3,5-6,8-9H,4,7,10,15H2/q+1. The van der Waals surface area contributed by atoms with Crippen molar-refractivity contribution in [1.82, 2.24) is 0 Å². The van der Waals surface area contributed by atoms with Gasteiger partial charge in [-0.1, -0.05) is 6.07 Å². The molecule has 2 aromatic rings. The first-order chi connectivity index (χ1) is 8.83. The Balaban J connectivity index is 1.77. The summed E-state index contributed by atoms with van der Waals surface area (Å²) >= 11 is 0. The minimum Gasteiger partial charge on any atom is -0.454 e. The summed E-state index contributed by atoms with van der Waals surface area (Å²) in [5.41, 5.74) is 7.87. The lowest BCUT2D eigenvalue weighted by Gasteiger charge is -2.05. The number of fused-ring (bicyclic) bond motifs is 1. The first-order valence-corrected chi connectivity index (χ1v) is 5.95. The lowest BCUT2D eigenvalue weighted by Crippen LogP contribution is -2.33. The summed E-state index contributed by atoms with van der Waals surface area (Å²) in [6.07, 6.45) is 4.96. The van der Waals surface area contributed by atoms with E-state index in [1.807, 2.05) is 42.7 Å². The number of nitrogens with two attached hydrogens (primary N) is 1. The molecule has 92 valence electrons. The number of ether oxygens (including phenoxy) is 2. The van der Waals surface area contributed by atoms with E-state index in [9.17, 15) is 0 Å². The Hall–Kier alpha value is -2.23. The fourth-order valence-corrected chi connectivity index (χ4v) is 2.05. The molecule has 1 aromatic heterocycles. The van der Waals surface area contributed by atoms with Crippen LogP contribution in [0.3, 0.4) is 0 Å². The average Bonchev–Trinajstić information content (AvgIpc) is 2.84. The average molecular weight is 243 g/mol.